The summed E-state index contributed by atoms with van der Waals surface area (Å²) in [5.74, 6) is 0.0782. The monoisotopic (exact) mass is 486 g/mol. The van der Waals surface area contributed by atoms with E-state index in [-0.39, 0.29) is 29.0 Å². The maximum absolute atomic E-state index is 12.9. The van der Waals surface area contributed by atoms with Crippen LogP contribution in [0.5, 0.6) is 0 Å². The summed E-state index contributed by atoms with van der Waals surface area (Å²) < 4.78 is 25.2. The lowest BCUT2D eigenvalue weighted by Gasteiger charge is -2.39. The van der Waals surface area contributed by atoms with E-state index in [0.29, 0.717) is 29.4 Å². The highest BCUT2D eigenvalue weighted by Crippen LogP contribution is 2.34. The van der Waals surface area contributed by atoms with E-state index >= 15 is 0 Å². The maximum Gasteiger partial charge on any atom is 0.515 e. The van der Waals surface area contributed by atoms with Crippen LogP contribution in [0.15, 0.2) is 24.3 Å². The zero-order valence-electron chi connectivity index (χ0n) is 20.1. The number of aryl methyl sites for hydroxylation is 1. The molecule has 0 N–H and O–H groups in total. The summed E-state index contributed by atoms with van der Waals surface area (Å²) >= 11 is 6.82. The van der Waals surface area contributed by atoms with Crippen LogP contribution in [-0.4, -0.2) is 48.8 Å². The molecule has 1 aromatic rings. The third-order valence-corrected chi connectivity index (χ3v) is 10.0. The van der Waals surface area contributed by atoms with Crippen LogP contribution >= 0.6 is 24.0 Å². The normalized spacial score (nSPS) is 13.1. The lowest BCUT2D eigenvalue weighted by Crippen LogP contribution is -2.59. The van der Waals surface area contributed by atoms with Crippen molar-refractivity contribution >= 4 is 43.0 Å². The standard InChI is InChI=1S/C23H38O5S2Si/c1-9-25-23(29)30-22(15-14-21(24)20-12-10-19(8)11-13-20)31(26-16(2)3,27-17(4)5)28-18(6)7/h10-13,16-18,22H,9,14-15H2,1-8H3. The third kappa shape index (κ3) is 10.1. The first-order valence-electron chi connectivity index (χ1n) is 11.0. The van der Waals surface area contributed by atoms with Crippen molar-refractivity contribution < 1.29 is 22.8 Å². The first-order valence-corrected chi connectivity index (χ1v) is 14.0. The quantitative estimate of drug-likeness (QED) is 0.189. The molecule has 0 aliphatic heterocycles. The van der Waals surface area contributed by atoms with Crippen LogP contribution in [-0.2, 0) is 18.0 Å². The Balaban J connectivity index is 3.22. The largest absolute Gasteiger partial charge is 0.515 e. The predicted molar refractivity (Wildman–Crippen MR) is 135 cm³/mol. The minimum Gasteiger partial charge on any atom is -0.479 e. The zero-order chi connectivity index (χ0) is 23.6. The number of hydrogen-bond acceptors (Lipinski definition) is 7. The van der Waals surface area contributed by atoms with Gasteiger partial charge in [0.05, 0.1) is 11.5 Å². The highest BCUT2D eigenvalue weighted by molar-refractivity contribution is 8.23. The van der Waals surface area contributed by atoms with Crippen molar-refractivity contribution in [3.05, 3.63) is 35.4 Å². The van der Waals surface area contributed by atoms with Crippen LogP contribution in [0.1, 0.15) is 77.2 Å². The Morgan fingerprint density at radius 2 is 1.45 bits per heavy atom. The van der Waals surface area contributed by atoms with Crippen LogP contribution in [0.2, 0.25) is 0 Å². The summed E-state index contributed by atoms with van der Waals surface area (Å²) in [5.41, 5.74) is 1.83. The third-order valence-electron chi connectivity index (χ3n) is 4.10. The van der Waals surface area contributed by atoms with Gasteiger partial charge in [0, 0.05) is 30.3 Å². The molecule has 1 unspecified atom stereocenters. The second kappa shape index (κ2) is 13.7. The first-order chi connectivity index (χ1) is 14.5. The number of hydrogen-bond donors (Lipinski definition) is 0. The summed E-state index contributed by atoms with van der Waals surface area (Å²) in [6.07, 6.45) is 0.569. The molecular weight excluding hydrogens is 448 g/mol. The molecule has 8 heteroatoms. The summed E-state index contributed by atoms with van der Waals surface area (Å²) in [4.78, 5) is 12.6. The van der Waals surface area contributed by atoms with Crippen LogP contribution in [0, 0.1) is 6.92 Å². The number of ether oxygens (including phenoxy) is 1. The molecule has 0 aliphatic rings. The molecule has 5 nitrogen and oxygen atoms in total. The van der Waals surface area contributed by atoms with Gasteiger partial charge in [0.25, 0.3) is 0 Å². The van der Waals surface area contributed by atoms with Gasteiger partial charge < -0.3 is 18.0 Å². The average molecular weight is 487 g/mol. The van der Waals surface area contributed by atoms with E-state index in [1.54, 1.807) is 0 Å². The van der Waals surface area contributed by atoms with Gasteiger partial charge >= 0.3 is 8.80 Å². The van der Waals surface area contributed by atoms with Crippen molar-refractivity contribution in [3.8, 4) is 0 Å². The van der Waals surface area contributed by atoms with Crippen molar-refractivity contribution in [1.29, 1.82) is 0 Å². The van der Waals surface area contributed by atoms with Crippen molar-refractivity contribution in [2.75, 3.05) is 6.61 Å². The molecule has 0 saturated heterocycles. The van der Waals surface area contributed by atoms with Gasteiger partial charge in [-0.15, -0.1) is 0 Å². The number of carbonyl (C=O) groups is 1. The molecule has 0 radical (unpaired) electrons. The molecule has 0 saturated carbocycles. The van der Waals surface area contributed by atoms with Gasteiger partial charge in [0.2, 0.25) is 4.38 Å². The zero-order valence-corrected chi connectivity index (χ0v) is 22.7. The van der Waals surface area contributed by atoms with Gasteiger partial charge in [-0.05, 0) is 74.0 Å². The molecule has 1 atom stereocenters. The van der Waals surface area contributed by atoms with Crippen molar-refractivity contribution in [3.63, 3.8) is 0 Å². The Kier molecular flexibility index (Phi) is 12.5. The van der Waals surface area contributed by atoms with E-state index in [9.17, 15) is 4.79 Å². The highest BCUT2D eigenvalue weighted by Gasteiger charge is 2.53. The van der Waals surface area contributed by atoms with Crippen LogP contribution in [0.3, 0.4) is 0 Å². The lowest BCUT2D eigenvalue weighted by molar-refractivity contribution is 0.00136. The molecule has 176 valence electrons. The van der Waals surface area contributed by atoms with Gasteiger partial charge in [0.1, 0.15) is 0 Å². The van der Waals surface area contributed by atoms with Gasteiger partial charge in [-0.3, -0.25) is 4.79 Å². The van der Waals surface area contributed by atoms with Crippen LogP contribution in [0.25, 0.3) is 0 Å². The van der Waals surface area contributed by atoms with E-state index in [1.165, 1.54) is 11.8 Å². The summed E-state index contributed by atoms with van der Waals surface area (Å²) in [5, 5.41) is 0. The molecule has 1 rings (SSSR count). The Morgan fingerprint density at radius 3 is 1.87 bits per heavy atom. The second-order valence-electron chi connectivity index (χ2n) is 8.22. The van der Waals surface area contributed by atoms with Crippen LogP contribution < -0.4 is 0 Å². The van der Waals surface area contributed by atoms with Crippen molar-refractivity contribution in [1.82, 2.24) is 0 Å². The molecule has 0 aliphatic carbocycles. The Bertz CT molecular complexity index is 665. The molecule has 0 heterocycles. The number of Topliss-reactive ketones (excluding diaryl/α,β-unsaturated/α-hetero) is 1. The van der Waals surface area contributed by atoms with Crippen LogP contribution in [0.4, 0.5) is 0 Å². The smallest absolute Gasteiger partial charge is 0.479 e. The maximum atomic E-state index is 12.9. The minimum absolute atomic E-state index is 0.0782. The fraction of sp³-hybridized carbons (Fsp3) is 0.652. The number of ketones is 1. The average Bonchev–Trinajstić information content (AvgIpc) is 2.63. The minimum atomic E-state index is -3.24. The van der Waals surface area contributed by atoms with E-state index in [2.05, 4.69) is 0 Å². The highest BCUT2D eigenvalue weighted by atomic mass is 32.2. The van der Waals surface area contributed by atoms with Gasteiger partial charge in [-0.2, -0.15) is 0 Å². The Labute approximate surface area is 198 Å². The molecule has 0 spiro atoms. The fourth-order valence-corrected chi connectivity index (χ4v) is 8.88. The number of thiocarbonyl (C=S) groups is 1. The first kappa shape index (κ1) is 28.3. The molecule has 0 bridgehead atoms. The molecule has 31 heavy (non-hydrogen) atoms. The Morgan fingerprint density at radius 1 is 0.968 bits per heavy atom. The summed E-state index contributed by atoms with van der Waals surface area (Å²) in [6, 6.07) is 7.65. The van der Waals surface area contributed by atoms with E-state index in [0.717, 1.165) is 5.56 Å². The number of carbonyl (C=O) groups excluding carboxylic acids is 1. The topological polar surface area (TPSA) is 54.0 Å². The van der Waals surface area contributed by atoms with Gasteiger partial charge in [-0.25, -0.2) is 0 Å². The number of rotatable bonds is 13. The predicted octanol–water partition coefficient (Wildman–Crippen LogP) is 6.13. The number of thioether (sulfide) groups is 1. The summed E-state index contributed by atoms with van der Waals surface area (Å²) in [7, 11) is -3.24. The van der Waals surface area contributed by atoms with Gasteiger partial charge in [-0.1, -0.05) is 41.6 Å². The van der Waals surface area contributed by atoms with E-state index in [4.69, 9.17) is 30.2 Å². The Hall–Kier alpha value is -0.773. The second-order valence-corrected chi connectivity index (χ2v) is 13.1. The van der Waals surface area contributed by atoms with E-state index < -0.39 is 8.80 Å². The fourth-order valence-electron chi connectivity index (χ4n) is 3.02. The summed E-state index contributed by atoms with van der Waals surface area (Å²) in [6.45, 7) is 16.2. The van der Waals surface area contributed by atoms with Gasteiger partial charge in [0.15, 0.2) is 5.78 Å². The van der Waals surface area contributed by atoms with Crippen molar-refractivity contribution in [2.24, 2.45) is 0 Å². The molecule has 0 aromatic heterocycles. The molecule has 1 aromatic carbocycles. The molecular formula is C23H38O5S2Si. The molecule has 0 fully saturated rings. The van der Waals surface area contributed by atoms with Crippen molar-refractivity contribution in [2.45, 2.75) is 91.4 Å². The van der Waals surface area contributed by atoms with E-state index in [1.807, 2.05) is 79.7 Å². The molecule has 0 amide bonds. The number of benzene rings is 1. The SMILES string of the molecule is CCOC(=S)SC(CCC(=O)c1ccc(C)cc1)[Si](OC(C)C)(OC(C)C)OC(C)C. The lowest BCUT2D eigenvalue weighted by atomic mass is 10.1.